The Hall–Kier alpha value is -1.49. The molecular formula is C16H13BrClF3N2O. The van der Waals surface area contributed by atoms with Crippen molar-refractivity contribution in [2.24, 2.45) is 0 Å². The number of rotatable bonds is 5. The predicted molar refractivity (Wildman–Crippen MR) is 87.7 cm³/mol. The SMILES string of the molecule is CCOC(Cc1ccc(Cl)cc1)c1[nH]c(C(F)(F)F)c(Br)c1C#N. The first kappa shape index (κ1) is 18.8. The number of alkyl halides is 3. The summed E-state index contributed by atoms with van der Waals surface area (Å²) in [6.07, 6.45) is -5.00. The van der Waals surface area contributed by atoms with Crippen LogP contribution in [-0.4, -0.2) is 11.6 Å². The zero-order valence-electron chi connectivity index (χ0n) is 12.5. The maximum atomic E-state index is 13.1. The standard InChI is InChI=1S/C16H13BrClF3N2O/c1-2-24-12(7-9-3-5-10(18)6-4-9)14-11(8-22)13(17)15(23-14)16(19,20)21/h3-6,12,23H,2,7H2,1H3. The number of nitrogens with zero attached hydrogens (tertiary/aromatic N) is 1. The van der Waals surface area contributed by atoms with Crippen LogP contribution in [0.2, 0.25) is 5.02 Å². The van der Waals surface area contributed by atoms with E-state index in [2.05, 4.69) is 20.9 Å². The predicted octanol–water partition coefficient (Wildman–Crippen LogP) is 5.64. The van der Waals surface area contributed by atoms with E-state index >= 15 is 0 Å². The van der Waals surface area contributed by atoms with Crippen molar-refractivity contribution in [1.82, 2.24) is 4.98 Å². The van der Waals surface area contributed by atoms with E-state index in [4.69, 9.17) is 16.3 Å². The number of hydrogen-bond acceptors (Lipinski definition) is 2. The van der Waals surface area contributed by atoms with Gasteiger partial charge in [-0.1, -0.05) is 23.7 Å². The van der Waals surface area contributed by atoms with Crippen molar-refractivity contribution < 1.29 is 17.9 Å². The van der Waals surface area contributed by atoms with Gasteiger partial charge in [-0.3, -0.25) is 0 Å². The number of halogens is 5. The lowest BCUT2D eigenvalue weighted by Crippen LogP contribution is -2.11. The first-order valence-electron chi connectivity index (χ1n) is 7.02. The lowest BCUT2D eigenvalue weighted by molar-refractivity contribution is -0.141. The number of aromatic amines is 1. The van der Waals surface area contributed by atoms with E-state index in [0.29, 0.717) is 18.1 Å². The molecule has 0 radical (unpaired) electrons. The molecule has 1 aromatic carbocycles. The van der Waals surface area contributed by atoms with E-state index in [9.17, 15) is 18.4 Å². The smallest absolute Gasteiger partial charge is 0.372 e. The summed E-state index contributed by atoms with van der Waals surface area (Å²) in [5, 5.41) is 9.82. The highest BCUT2D eigenvalue weighted by molar-refractivity contribution is 9.10. The summed E-state index contributed by atoms with van der Waals surface area (Å²) in [7, 11) is 0. The summed E-state index contributed by atoms with van der Waals surface area (Å²) < 4.78 is 44.5. The molecule has 0 bridgehead atoms. The number of H-pyrrole nitrogens is 1. The zero-order valence-corrected chi connectivity index (χ0v) is 14.9. The van der Waals surface area contributed by atoms with E-state index in [1.807, 2.05) is 6.07 Å². The maximum Gasteiger partial charge on any atom is 0.432 e. The number of nitrogens with one attached hydrogen (secondary N) is 1. The van der Waals surface area contributed by atoms with Crippen molar-refractivity contribution >= 4 is 27.5 Å². The van der Waals surface area contributed by atoms with Gasteiger partial charge in [0.05, 0.1) is 15.7 Å². The number of hydrogen-bond donors (Lipinski definition) is 1. The third-order valence-electron chi connectivity index (χ3n) is 3.39. The van der Waals surface area contributed by atoms with Crippen LogP contribution in [0.3, 0.4) is 0 Å². The van der Waals surface area contributed by atoms with Crippen LogP contribution < -0.4 is 0 Å². The summed E-state index contributed by atoms with van der Waals surface area (Å²) in [6.45, 7) is 2.03. The first-order valence-corrected chi connectivity index (χ1v) is 8.19. The van der Waals surface area contributed by atoms with Gasteiger partial charge in [0.15, 0.2) is 0 Å². The minimum Gasteiger partial charge on any atom is -0.372 e. The fourth-order valence-electron chi connectivity index (χ4n) is 2.32. The van der Waals surface area contributed by atoms with Crippen molar-refractivity contribution in [3.8, 4) is 6.07 Å². The van der Waals surface area contributed by atoms with Gasteiger partial charge in [0.25, 0.3) is 0 Å². The fourth-order valence-corrected chi connectivity index (χ4v) is 3.07. The molecule has 8 heteroatoms. The molecule has 2 aromatic rings. The van der Waals surface area contributed by atoms with Crippen LogP contribution in [0.4, 0.5) is 13.2 Å². The van der Waals surface area contributed by atoms with Gasteiger partial charge in [0, 0.05) is 18.1 Å². The highest BCUT2D eigenvalue weighted by Gasteiger charge is 2.38. The molecule has 0 aliphatic rings. The summed E-state index contributed by atoms with van der Waals surface area (Å²) in [6, 6.07) is 8.73. The van der Waals surface area contributed by atoms with Crippen molar-refractivity contribution in [3.63, 3.8) is 0 Å². The van der Waals surface area contributed by atoms with Gasteiger partial charge in [-0.2, -0.15) is 18.4 Å². The number of benzene rings is 1. The molecule has 0 amide bonds. The monoisotopic (exact) mass is 420 g/mol. The zero-order chi connectivity index (χ0) is 17.9. The molecule has 1 N–H and O–H groups in total. The van der Waals surface area contributed by atoms with Crippen molar-refractivity contribution in [1.29, 1.82) is 5.26 Å². The van der Waals surface area contributed by atoms with Crippen LogP contribution in [0, 0.1) is 11.3 Å². The van der Waals surface area contributed by atoms with Crippen LogP contribution in [0.5, 0.6) is 0 Å². The minimum atomic E-state index is -4.60. The average Bonchev–Trinajstić information content (AvgIpc) is 2.85. The molecule has 1 heterocycles. The molecule has 3 nitrogen and oxygen atoms in total. The lowest BCUT2D eigenvalue weighted by atomic mass is 10.0. The van der Waals surface area contributed by atoms with E-state index < -0.39 is 18.0 Å². The van der Waals surface area contributed by atoms with Gasteiger partial charge in [0.1, 0.15) is 17.9 Å². The third kappa shape index (κ3) is 4.12. The van der Waals surface area contributed by atoms with Crippen molar-refractivity contribution in [2.75, 3.05) is 6.61 Å². The van der Waals surface area contributed by atoms with Gasteiger partial charge in [-0.15, -0.1) is 0 Å². The second kappa shape index (κ2) is 7.60. The molecule has 2 rings (SSSR count). The van der Waals surface area contributed by atoms with Gasteiger partial charge in [0.2, 0.25) is 0 Å². The Morgan fingerprint density at radius 3 is 2.46 bits per heavy atom. The molecule has 1 atom stereocenters. The topological polar surface area (TPSA) is 48.8 Å². The van der Waals surface area contributed by atoms with Crippen LogP contribution in [-0.2, 0) is 17.3 Å². The fraction of sp³-hybridized carbons (Fsp3) is 0.312. The average molecular weight is 422 g/mol. The Morgan fingerprint density at radius 2 is 1.96 bits per heavy atom. The second-order valence-electron chi connectivity index (χ2n) is 4.99. The largest absolute Gasteiger partial charge is 0.432 e. The maximum absolute atomic E-state index is 13.1. The van der Waals surface area contributed by atoms with Crippen molar-refractivity contribution in [2.45, 2.75) is 25.6 Å². The second-order valence-corrected chi connectivity index (χ2v) is 6.22. The molecule has 0 fully saturated rings. The highest BCUT2D eigenvalue weighted by atomic mass is 79.9. The van der Waals surface area contributed by atoms with Crippen LogP contribution in [0.1, 0.15) is 35.5 Å². The summed E-state index contributed by atoms with van der Waals surface area (Å²) >= 11 is 8.70. The Labute approximate surface area is 150 Å². The van der Waals surface area contributed by atoms with E-state index in [1.54, 1.807) is 31.2 Å². The quantitative estimate of drug-likeness (QED) is 0.679. The van der Waals surface area contributed by atoms with Crippen molar-refractivity contribution in [3.05, 3.63) is 56.3 Å². The molecule has 1 aromatic heterocycles. The molecule has 128 valence electrons. The normalized spacial score (nSPS) is 12.9. The molecule has 0 spiro atoms. The number of aromatic nitrogens is 1. The third-order valence-corrected chi connectivity index (χ3v) is 4.43. The number of nitriles is 1. The molecule has 0 aliphatic heterocycles. The van der Waals surface area contributed by atoms with Gasteiger partial charge < -0.3 is 9.72 Å². The molecule has 0 aliphatic carbocycles. The Bertz CT molecular complexity index is 750. The van der Waals surface area contributed by atoms with Crippen LogP contribution in [0.15, 0.2) is 28.7 Å². The van der Waals surface area contributed by atoms with E-state index in [1.165, 1.54) is 0 Å². The van der Waals surface area contributed by atoms with Crippen LogP contribution in [0.25, 0.3) is 0 Å². The molecule has 1 unspecified atom stereocenters. The van der Waals surface area contributed by atoms with Gasteiger partial charge in [-0.25, -0.2) is 0 Å². The van der Waals surface area contributed by atoms with Gasteiger partial charge in [-0.05, 0) is 40.5 Å². The molecule has 0 saturated heterocycles. The lowest BCUT2D eigenvalue weighted by Gasteiger charge is -2.17. The molecule has 24 heavy (non-hydrogen) atoms. The molecule has 0 saturated carbocycles. The minimum absolute atomic E-state index is 0.102. The molecular weight excluding hydrogens is 409 g/mol. The number of ether oxygens (including phenoxy) is 1. The Kier molecular flexibility index (Phi) is 5.97. The summed E-state index contributed by atoms with van der Waals surface area (Å²) in [4.78, 5) is 2.31. The van der Waals surface area contributed by atoms with Crippen LogP contribution >= 0.6 is 27.5 Å². The summed E-state index contributed by atoms with van der Waals surface area (Å²) in [5.74, 6) is 0. The Morgan fingerprint density at radius 1 is 1.33 bits per heavy atom. The Balaban J connectivity index is 2.44. The first-order chi connectivity index (χ1) is 11.3. The summed E-state index contributed by atoms with van der Waals surface area (Å²) in [5.41, 5.74) is -0.154. The highest BCUT2D eigenvalue weighted by Crippen LogP contribution is 2.40. The van der Waals surface area contributed by atoms with Gasteiger partial charge >= 0.3 is 6.18 Å². The van der Waals surface area contributed by atoms with E-state index in [0.717, 1.165) is 5.56 Å². The van der Waals surface area contributed by atoms with E-state index in [-0.39, 0.29) is 15.7 Å².